The number of ether oxygens (including phenoxy) is 1. The number of nitrogens with zero attached hydrogens (tertiary/aromatic N) is 2. The van der Waals surface area contributed by atoms with Gasteiger partial charge in [-0.15, -0.1) is 0 Å². The highest BCUT2D eigenvalue weighted by atomic mass is 19.4. The summed E-state index contributed by atoms with van der Waals surface area (Å²) in [6.45, 7) is 0. The van der Waals surface area contributed by atoms with E-state index >= 15 is 0 Å². The quantitative estimate of drug-likeness (QED) is 0.719. The number of carbonyl (C=O) groups is 2. The lowest BCUT2D eigenvalue weighted by Crippen LogP contribution is -2.67. The van der Waals surface area contributed by atoms with Crippen molar-refractivity contribution < 1.29 is 27.5 Å². The molecule has 28 heavy (non-hydrogen) atoms. The summed E-state index contributed by atoms with van der Waals surface area (Å²) in [5.41, 5.74) is -2.94. The van der Waals surface area contributed by atoms with Gasteiger partial charge in [-0.2, -0.15) is 13.2 Å². The van der Waals surface area contributed by atoms with Crippen LogP contribution in [-0.2, 0) is 0 Å². The first kappa shape index (κ1) is 17.8. The van der Waals surface area contributed by atoms with Crippen LogP contribution in [0.15, 0.2) is 48.5 Å². The molecular weight excluding hydrogens is 377 g/mol. The van der Waals surface area contributed by atoms with Gasteiger partial charge in [-0.05, 0) is 24.3 Å². The predicted molar refractivity (Wildman–Crippen MR) is 93.2 cm³/mol. The fraction of sp³-hybridized carbons (Fsp3) is 0.167. The van der Waals surface area contributed by atoms with Gasteiger partial charge in [0.25, 0.3) is 17.5 Å². The zero-order chi connectivity index (χ0) is 20.1. The molecule has 1 aromatic heterocycles. The molecule has 0 fully saturated rings. The highest BCUT2D eigenvalue weighted by molar-refractivity contribution is 6.08. The van der Waals surface area contributed by atoms with Crippen LogP contribution in [0.5, 0.6) is 5.75 Å². The number of methoxy groups -OCH3 is 1. The maximum Gasteiger partial charge on any atom is 0.440 e. The fourth-order valence-corrected chi connectivity index (χ4v) is 3.12. The molecule has 1 amide bonds. The molecule has 144 valence electrons. The second kappa shape index (κ2) is 5.98. The normalized spacial score (nSPS) is 18.6. The molecule has 10 heteroatoms. The lowest BCUT2D eigenvalue weighted by atomic mass is 10.1. The molecule has 0 radical (unpaired) electrons. The standard InChI is InChI=1S/C18H13F3N4O3/c1-28-13-9-5-2-6-10(13)14(26)23-17(18(19,20)21)15(27)25-12-8-4-3-7-11(12)22-16(25)24-17/h2-9H,1H3,(H,22,24)(H,23,26). The molecule has 0 saturated carbocycles. The largest absolute Gasteiger partial charge is 0.496 e. The Kier molecular flexibility index (Phi) is 3.81. The van der Waals surface area contributed by atoms with Crippen molar-refractivity contribution in [1.82, 2.24) is 14.9 Å². The molecule has 0 spiro atoms. The van der Waals surface area contributed by atoms with Gasteiger partial charge in [0, 0.05) is 0 Å². The van der Waals surface area contributed by atoms with Gasteiger partial charge in [-0.25, -0.2) is 9.55 Å². The van der Waals surface area contributed by atoms with Gasteiger partial charge in [0.2, 0.25) is 5.95 Å². The summed E-state index contributed by atoms with van der Waals surface area (Å²) in [7, 11) is 1.28. The lowest BCUT2D eigenvalue weighted by molar-refractivity contribution is -0.169. The number of hydrogen-bond acceptors (Lipinski definition) is 5. The number of amides is 1. The van der Waals surface area contributed by atoms with Crippen LogP contribution in [0.4, 0.5) is 19.1 Å². The average Bonchev–Trinajstić information content (AvgIpc) is 3.16. The van der Waals surface area contributed by atoms with Crippen LogP contribution in [0.1, 0.15) is 15.2 Å². The smallest absolute Gasteiger partial charge is 0.440 e. The van der Waals surface area contributed by atoms with Crippen LogP contribution in [0.2, 0.25) is 0 Å². The molecule has 2 N–H and O–H groups in total. The molecule has 7 nitrogen and oxygen atoms in total. The van der Waals surface area contributed by atoms with Gasteiger partial charge >= 0.3 is 6.18 Å². The molecule has 0 aliphatic carbocycles. The molecule has 3 aromatic rings. The highest BCUT2D eigenvalue weighted by Crippen LogP contribution is 2.39. The summed E-state index contributed by atoms with van der Waals surface area (Å²) in [4.78, 5) is 29.5. The van der Waals surface area contributed by atoms with Gasteiger partial charge in [0.15, 0.2) is 0 Å². The number of rotatable bonds is 3. The number of halogens is 3. The molecule has 0 bridgehead atoms. The number of imidazole rings is 1. The van der Waals surface area contributed by atoms with Crippen LogP contribution in [0, 0.1) is 0 Å². The van der Waals surface area contributed by atoms with E-state index in [9.17, 15) is 22.8 Å². The monoisotopic (exact) mass is 390 g/mol. The number of carbonyl (C=O) groups excluding carboxylic acids is 2. The van der Waals surface area contributed by atoms with Crippen LogP contribution >= 0.6 is 0 Å². The molecule has 2 aromatic carbocycles. The number of fused-ring (bicyclic) bond motifs is 3. The summed E-state index contributed by atoms with van der Waals surface area (Å²) in [6, 6.07) is 12.0. The van der Waals surface area contributed by atoms with E-state index in [0.29, 0.717) is 5.52 Å². The van der Waals surface area contributed by atoms with Crippen molar-refractivity contribution in [3.05, 3.63) is 54.1 Å². The number of alkyl halides is 3. The molecule has 1 atom stereocenters. The second-order valence-electron chi connectivity index (χ2n) is 6.09. The summed E-state index contributed by atoms with van der Waals surface area (Å²) in [6.07, 6.45) is -5.14. The first-order chi connectivity index (χ1) is 13.3. The first-order valence-electron chi connectivity index (χ1n) is 8.11. The molecule has 1 aliphatic heterocycles. The Hall–Kier alpha value is -3.56. The minimum atomic E-state index is -5.14. The van der Waals surface area contributed by atoms with Gasteiger partial charge in [-0.1, -0.05) is 24.3 Å². The van der Waals surface area contributed by atoms with E-state index in [1.165, 1.54) is 31.4 Å². The van der Waals surface area contributed by atoms with Crippen molar-refractivity contribution >= 4 is 28.8 Å². The summed E-state index contributed by atoms with van der Waals surface area (Å²) < 4.78 is 47.8. The molecule has 1 unspecified atom stereocenters. The van der Waals surface area contributed by atoms with E-state index in [2.05, 4.69) is 10.3 Å². The molecule has 1 aliphatic rings. The molecule has 2 heterocycles. The van der Waals surface area contributed by atoms with Crippen molar-refractivity contribution in [3.8, 4) is 5.75 Å². The van der Waals surface area contributed by atoms with Crippen molar-refractivity contribution in [2.24, 2.45) is 0 Å². The number of para-hydroxylation sites is 3. The summed E-state index contributed by atoms with van der Waals surface area (Å²) in [5, 5.41) is 3.88. The van der Waals surface area contributed by atoms with E-state index in [1.54, 1.807) is 29.6 Å². The molecule has 4 rings (SSSR count). The maximum atomic E-state index is 14.0. The lowest BCUT2D eigenvalue weighted by Gasteiger charge is -2.30. The Morgan fingerprint density at radius 2 is 1.86 bits per heavy atom. The van der Waals surface area contributed by atoms with Crippen LogP contribution in [0.3, 0.4) is 0 Å². The van der Waals surface area contributed by atoms with Gasteiger partial charge in [0.1, 0.15) is 5.75 Å². The Labute approximate surface area is 156 Å². The average molecular weight is 390 g/mol. The number of benzene rings is 2. The number of anilines is 1. The van der Waals surface area contributed by atoms with Crippen LogP contribution < -0.4 is 15.4 Å². The summed E-state index contributed by atoms with van der Waals surface area (Å²) in [5.74, 6) is -2.74. The first-order valence-corrected chi connectivity index (χ1v) is 8.11. The second-order valence-corrected chi connectivity index (χ2v) is 6.09. The van der Waals surface area contributed by atoms with Crippen molar-refractivity contribution in [2.45, 2.75) is 11.8 Å². The van der Waals surface area contributed by atoms with Gasteiger partial charge in [0.05, 0.1) is 23.7 Å². The van der Waals surface area contributed by atoms with E-state index in [1.807, 2.05) is 0 Å². The minimum Gasteiger partial charge on any atom is -0.496 e. The maximum absolute atomic E-state index is 14.0. The van der Waals surface area contributed by atoms with Crippen molar-refractivity contribution in [3.63, 3.8) is 0 Å². The van der Waals surface area contributed by atoms with Crippen LogP contribution in [0.25, 0.3) is 11.0 Å². The van der Waals surface area contributed by atoms with Crippen molar-refractivity contribution in [1.29, 1.82) is 0 Å². The zero-order valence-corrected chi connectivity index (χ0v) is 14.4. The molecule has 0 saturated heterocycles. The highest BCUT2D eigenvalue weighted by Gasteiger charge is 2.66. The number of hydrogen-bond donors (Lipinski definition) is 2. The van der Waals surface area contributed by atoms with E-state index in [0.717, 1.165) is 4.57 Å². The Morgan fingerprint density at radius 3 is 2.57 bits per heavy atom. The fourth-order valence-electron chi connectivity index (χ4n) is 3.12. The van der Waals surface area contributed by atoms with Crippen molar-refractivity contribution in [2.75, 3.05) is 12.4 Å². The minimum absolute atomic E-state index is 0.0750. The molecular formula is C18H13F3N4O3. The Balaban J connectivity index is 1.79. The third kappa shape index (κ3) is 2.41. The van der Waals surface area contributed by atoms with E-state index < -0.39 is 23.7 Å². The number of aromatic nitrogens is 2. The Morgan fingerprint density at radius 1 is 1.18 bits per heavy atom. The van der Waals surface area contributed by atoms with Gasteiger partial charge < -0.3 is 15.4 Å². The SMILES string of the molecule is COc1ccccc1C(=O)NC1(C(F)(F)F)Nc2nc3ccccc3n2C1=O. The third-order valence-corrected chi connectivity index (χ3v) is 4.46. The van der Waals surface area contributed by atoms with E-state index in [-0.39, 0.29) is 22.8 Å². The Bertz CT molecular complexity index is 1110. The van der Waals surface area contributed by atoms with Crippen LogP contribution in [-0.4, -0.2) is 40.3 Å². The predicted octanol–water partition coefficient (Wildman–Crippen LogP) is 2.80. The van der Waals surface area contributed by atoms with Gasteiger partial charge in [-0.3, -0.25) is 9.59 Å². The zero-order valence-electron chi connectivity index (χ0n) is 14.4. The number of nitrogens with one attached hydrogen (secondary N) is 2. The topological polar surface area (TPSA) is 85.2 Å². The third-order valence-electron chi connectivity index (χ3n) is 4.46. The van der Waals surface area contributed by atoms with E-state index in [4.69, 9.17) is 4.74 Å². The summed E-state index contributed by atoms with van der Waals surface area (Å²) >= 11 is 0.